The number of anilines is 1. The largest absolute Gasteiger partial charge is 0.507 e. The Morgan fingerprint density at radius 3 is 2.52 bits per heavy atom. The smallest absolute Gasteiger partial charge is 0.259 e. The SMILES string of the molecule is O=C(Nc1ccccc1)c1cc2cccc(C=Nc3cccc(F)c3)c2cc1O. The molecule has 4 aromatic rings. The molecule has 1 amide bonds. The van der Waals surface area contributed by atoms with Crippen LogP contribution in [-0.2, 0) is 0 Å². The van der Waals surface area contributed by atoms with Gasteiger partial charge in [-0.05, 0) is 53.2 Å². The van der Waals surface area contributed by atoms with Gasteiger partial charge in [-0.1, -0.05) is 42.5 Å². The second-order valence-electron chi connectivity index (χ2n) is 6.50. The first-order valence-electron chi connectivity index (χ1n) is 9.02. The van der Waals surface area contributed by atoms with E-state index in [1.807, 2.05) is 36.4 Å². The number of amides is 1. The number of para-hydroxylation sites is 1. The van der Waals surface area contributed by atoms with Crippen molar-refractivity contribution in [1.82, 2.24) is 0 Å². The molecule has 0 aliphatic carbocycles. The lowest BCUT2D eigenvalue weighted by Gasteiger charge is -2.10. The van der Waals surface area contributed by atoms with Crippen molar-refractivity contribution < 1.29 is 14.3 Å². The number of nitrogens with one attached hydrogen (secondary N) is 1. The fraction of sp³-hybridized carbons (Fsp3) is 0. The predicted octanol–water partition coefficient (Wildman–Crippen LogP) is 5.69. The third kappa shape index (κ3) is 4.14. The van der Waals surface area contributed by atoms with E-state index in [1.54, 1.807) is 42.6 Å². The van der Waals surface area contributed by atoms with Crippen LogP contribution in [0.5, 0.6) is 5.75 Å². The maximum atomic E-state index is 13.3. The molecule has 4 nitrogen and oxygen atoms in total. The van der Waals surface area contributed by atoms with Crippen LogP contribution in [0, 0.1) is 5.82 Å². The van der Waals surface area contributed by atoms with Crippen molar-refractivity contribution in [2.45, 2.75) is 0 Å². The Bertz CT molecular complexity index is 1220. The number of carbonyl (C=O) groups excluding carboxylic acids is 1. The number of hydrogen-bond donors (Lipinski definition) is 2. The minimum atomic E-state index is -0.394. The quantitative estimate of drug-likeness (QED) is 0.444. The molecule has 0 aliphatic rings. The van der Waals surface area contributed by atoms with Crippen LogP contribution in [0.1, 0.15) is 15.9 Å². The van der Waals surface area contributed by atoms with E-state index >= 15 is 0 Å². The molecule has 0 saturated heterocycles. The lowest BCUT2D eigenvalue weighted by molar-refractivity contribution is 0.102. The van der Waals surface area contributed by atoms with Gasteiger partial charge in [0.05, 0.1) is 11.3 Å². The average Bonchev–Trinajstić information content (AvgIpc) is 2.72. The molecule has 4 aromatic carbocycles. The van der Waals surface area contributed by atoms with Gasteiger partial charge in [0, 0.05) is 17.5 Å². The third-order valence-corrected chi connectivity index (χ3v) is 4.47. The monoisotopic (exact) mass is 384 g/mol. The second-order valence-corrected chi connectivity index (χ2v) is 6.50. The van der Waals surface area contributed by atoms with Gasteiger partial charge in [-0.3, -0.25) is 9.79 Å². The summed E-state index contributed by atoms with van der Waals surface area (Å²) in [6.45, 7) is 0. The van der Waals surface area contributed by atoms with Gasteiger partial charge in [0.2, 0.25) is 0 Å². The number of fused-ring (bicyclic) bond motifs is 1. The minimum Gasteiger partial charge on any atom is -0.507 e. The van der Waals surface area contributed by atoms with Crippen LogP contribution in [0.15, 0.2) is 89.9 Å². The van der Waals surface area contributed by atoms with E-state index in [0.717, 1.165) is 16.3 Å². The summed E-state index contributed by atoms with van der Waals surface area (Å²) >= 11 is 0. The maximum Gasteiger partial charge on any atom is 0.259 e. The van der Waals surface area contributed by atoms with Crippen molar-refractivity contribution in [2.75, 3.05) is 5.32 Å². The number of aliphatic imine (C=N–C) groups is 1. The zero-order valence-electron chi connectivity index (χ0n) is 15.3. The van der Waals surface area contributed by atoms with E-state index < -0.39 is 5.91 Å². The van der Waals surface area contributed by atoms with Gasteiger partial charge in [-0.25, -0.2) is 4.39 Å². The van der Waals surface area contributed by atoms with E-state index in [4.69, 9.17) is 0 Å². The second kappa shape index (κ2) is 7.94. The van der Waals surface area contributed by atoms with Crippen molar-refractivity contribution in [3.63, 3.8) is 0 Å². The summed E-state index contributed by atoms with van der Waals surface area (Å²) in [4.78, 5) is 16.9. The summed E-state index contributed by atoms with van der Waals surface area (Å²) < 4.78 is 13.3. The topological polar surface area (TPSA) is 61.7 Å². The molecular formula is C24H17FN2O2. The van der Waals surface area contributed by atoms with Crippen LogP contribution in [0.25, 0.3) is 10.8 Å². The van der Waals surface area contributed by atoms with Crippen molar-refractivity contribution in [3.05, 3.63) is 102 Å². The van der Waals surface area contributed by atoms with E-state index in [2.05, 4.69) is 10.3 Å². The van der Waals surface area contributed by atoms with Crippen LogP contribution in [0.2, 0.25) is 0 Å². The number of phenols is 1. The highest BCUT2D eigenvalue weighted by molar-refractivity contribution is 6.10. The first-order valence-corrected chi connectivity index (χ1v) is 9.02. The number of rotatable bonds is 4. The Balaban J connectivity index is 1.67. The number of benzene rings is 4. The van der Waals surface area contributed by atoms with Crippen molar-refractivity contribution >= 4 is 34.3 Å². The Morgan fingerprint density at radius 1 is 0.931 bits per heavy atom. The molecule has 0 atom stereocenters. The molecule has 0 bridgehead atoms. The first-order chi connectivity index (χ1) is 14.1. The van der Waals surface area contributed by atoms with Crippen LogP contribution in [0.4, 0.5) is 15.8 Å². The molecule has 4 rings (SSSR count). The zero-order valence-corrected chi connectivity index (χ0v) is 15.3. The van der Waals surface area contributed by atoms with Gasteiger partial charge in [-0.15, -0.1) is 0 Å². The Kier molecular flexibility index (Phi) is 5.03. The fourth-order valence-corrected chi connectivity index (χ4v) is 3.05. The normalized spacial score (nSPS) is 11.1. The highest BCUT2D eigenvalue weighted by Gasteiger charge is 2.14. The summed E-state index contributed by atoms with van der Waals surface area (Å²) in [7, 11) is 0. The Morgan fingerprint density at radius 2 is 1.72 bits per heavy atom. The molecule has 0 aromatic heterocycles. The molecule has 5 heteroatoms. The standard InChI is InChI=1S/C24H17FN2O2/c25-18-8-5-11-20(13-18)26-15-17-7-4-6-16-12-22(23(28)14-21(16)17)24(29)27-19-9-2-1-3-10-19/h1-15,28H,(H,27,29). The number of halogens is 1. The van der Waals surface area contributed by atoms with Gasteiger partial charge in [-0.2, -0.15) is 0 Å². The molecule has 142 valence electrons. The predicted molar refractivity (Wildman–Crippen MR) is 114 cm³/mol. The Hall–Kier alpha value is -3.99. The highest BCUT2D eigenvalue weighted by atomic mass is 19.1. The van der Waals surface area contributed by atoms with E-state index in [1.165, 1.54) is 12.1 Å². The first kappa shape index (κ1) is 18.4. The number of phenolic OH excluding ortho intramolecular Hbond substituents is 1. The lowest BCUT2D eigenvalue weighted by Crippen LogP contribution is -2.12. The minimum absolute atomic E-state index is 0.127. The molecule has 0 aliphatic heterocycles. The molecule has 0 fully saturated rings. The average molecular weight is 384 g/mol. The summed E-state index contributed by atoms with van der Waals surface area (Å²) in [5, 5.41) is 14.7. The number of nitrogens with zero attached hydrogens (tertiary/aromatic N) is 1. The highest BCUT2D eigenvalue weighted by Crippen LogP contribution is 2.28. The summed E-state index contributed by atoms with van der Waals surface area (Å²) in [6, 6.07) is 23.8. The van der Waals surface area contributed by atoms with Crippen molar-refractivity contribution in [2.24, 2.45) is 4.99 Å². The molecule has 29 heavy (non-hydrogen) atoms. The van der Waals surface area contributed by atoms with Gasteiger partial charge in [0.25, 0.3) is 5.91 Å². The molecular weight excluding hydrogens is 367 g/mol. The summed E-state index contributed by atoms with van der Waals surface area (Å²) in [5.41, 5.74) is 2.07. The van der Waals surface area contributed by atoms with Gasteiger partial charge >= 0.3 is 0 Å². The van der Waals surface area contributed by atoms with E-state index in [-0.39, 0.29) is 17.1 Å². The summed E-state index contributed by atoms with van der Waals surface area (Å²) in [5.74, 6) is -0.878. The fourth-order valence-electron chi connectivity index (χ4n) is 3.05. The third-order valence-electron chi connectivity index (χ3n) is 4.47. The van der Waals surface area contributed by atoms with Crippen LogP contribution in [-0.4, -0.2) is 17.2 Å². The molecule has 0 unspecified atom stereocenters. The van der Waals surface area contributed by atoms with E-state index in [9.17, 15) is 14.3 Å². The molecule has 0 radical (unpaired) electrons. The molecule has 0 saturated carbocycles. The van der Waals surface area contributed by atoms with Crippen LogP contribution in [0.3, 0.4) is 0 Å². The number of aromatic hydroxyl groups is 1. The lowest BCUT2D eigenvalue weighted by atomic mass is 10.0. The van der Waals surface area contributed by atoms with Gasteiger partial charge in [0.1, 0.15) is 11.6 Å². The van der Waals surface area contributed by atoms with Crippen LogP contribution >= 0.6 is 0 Å². The van der Waals surface area contributed by atoms with E-state index in [0.29, 0.717) is 11.4 Å². The van der Waals surface area contributed by atoms with Gasteiger partial charge in [0.15, 0.2) is 0 Å². The molecule has 2 N–H and O–H groups in total. The van der Waals surface area contributed by atoms with Gasteiger partial charge < -0.3 is 10.4 Å². The molecule has 0 heterocycles. The maximum absolute atomic E-state index is 13.3. The number of hydrogen-bond acceptors (Lipinski definition) is 3. The van der Waals surface area contributed by atoms with Crippen molar-refractivity contribution in [3.8, 4) is 5.75 Å². The van der Waals surface area contributed by atoms with Crippen LogP contribution < -0.4 is 5.32 Å². The summed E-state index contributed by atoms with van der Waals surface area (Å²) in [6.07, 6.45) is 1.61. The number of carbonyl (C=O) groups is 1. The Labute approximate surface area is 167 Å². The zero-order chi connectivity index (χ0) is 20.2. The molecule has 0 spiro atoms. The van der Waals surface area contributed by atoms with Crippen molar-refractivity contribution in [1.29, 1.82) is 0 Å².